The lowest BCUT2D eigenvalue weighted by Gasteiger charge is -2.15. The normalized spacial score (nSPS) is 11.2. The minimum atomic E-state index is 0.974. The molecule has 0 aliphatic carbocycles. The van der Waals surface area contributed by atoms with Crippen molar-refractivity contribution in [3.63, 3.8) is 0 Å². The van der Waals surface area contributed by atoms with E-state index in [0.29, 0.717) is 0 Å². The van der Waals surface area contributed by atoms with Crippen LogP contribution in [-0.2, 0) is 0 Å². The molecule has 110 valence electrons. The number of rotatable bonds is 3. The van der Waals surface area contributed by atoms with Crippen molar-refractivity contribution in [2.75, 3.05) is 19.0 Å². The van der Waals surface area contributed by atoms with Crippen molar-refractivity contribution in [3.05, 3.63) is 71.5 Å². The van der Waals surface area contributed by atoms with Crippen LogP contribution >= 0.6 is 0 Å². The highest BCUT2D eigenvalue weighted by Crippen LogP contribution is 2.22. The van der Waals surface area contributed by atoms with Crippen molar-refractivity contribution in [3.8, 4) is 0 Å². The van der Waals surface area contributed by atoms with E-state index in [9.17, 15) is 0 Å². The van der Waals surface area contributed by atoms with Crippen LogP contribution in [0.1, 0.15) is 16.8 Å². The molecule has 0 aliphatic heterocycles. The van der Waals surface area contributed by atoms with Crippen LogP contribution in [0.2, 0.25) is 0 Å². The molecule has 0 N–H and O–H groups in total. The molecule has 2 nitrogen and oxygen atoms in total. The third-order valence-corrected chi connectivity index (χ3v) is 3.83. The van der Waals surface area contributed by atoms with Crippen molar-refractivity contribution >= 4 is 28.6 Å². The van der Waals surface area contributed by atoms with Crippen LogP contribution in [0.3, 0.4) is 0 Å². The fourth-order valence-electron chi connectivity index (χ4n) is 2.67. The molecule has 0 saturated carbocycles. The summed E-state index contributed by atoms with van der Waals surface area (Å²) in [4.78, 5) is 6.62. The van der Waals surface area contributed by atoms with Crippen LogP contribution in [-0.4, -0.2) is 19.1 Å². The Balaban J connectivity index is 1.98. The predicted octanol–water partition coefficient (Wildman–Crippen LogP) is 4.78. The first-order valence-electron chi connectivity index (χ1n) is 7.45. The van der Waals surface area contributed by atoms with Gasteiger partial charge < -0.3 is 4.90 Å². The molecule has 0 spiro atoms. The third kappa shape index (κ3) is 2.86. The largest absolute Gasteiger partial charge is 0.377 e. The summed E-state index contributed by atoms with van der Waals surface area (Å²) in [6.07, 6.45) is 6.14. The lowest BCUT2D eigenvalue weighted by molar-refractivity contribution is 1.09. The zero-order valence-electron chi connectivity index (χ0n) is 13.2. The van der Waals surface area contributed by atoms with Gasteiger partial charge in [0.2, 0.25) is 0 Å². The molecule has 1 heterocycles. The first kappa shape index (κ1) is 14.3. The molecule has 0 aliphatic rings. The van der Waals surface area contributed by atoms with E-state index in [2.05, 4.69) is 91.6 Å². The Labute approximate surface area is 131 Å². The number of pyridine rings is 1. The zero-order valence-corrected chi connectivity index (χ0v) is 13.2. The van der Waals surface area contributed by atoms with Gasteiger partial charge in [-0.25, -0.2) is 0 Å². The molecule has 2 heteroatoms. The summed E-state index contributed by atoms with van der Waals surface area (Å²) in [6, 6.07) is 16.9. The van der Waals surface area contributed by atoms with E-state index in [-0.39, 0.29) is 0 Å². The molecule has 22 heavy (non-hydrogen) atoms. The van der Waals surface area contributed by atoms with Gasteiger partial charge in [-0.1, -0.05) is 48.5 Å². The molecule has 0 fully saturated rings. The number of nitrogens with zero attached hydrogens (tertiary/aromatic N) is 2. The van der Waals surface area contributed by atoms with Crippen LogP contribution in [0.5, 0.6) is 0 Å². The average Bonchev–Trinajstić information content (AvgIpc) is 2.53. The topological polar surface area (TPSA) is 16.1 Å². The standard InChI is InChI=1S/C20H20N2/c1-15-14-21-18(13-20(15)22(2)3)12-11-17-9-6-8-16-7-4-5-10-19(16)17/h4-14H,1-3H3/b12-11-. The zero-order chi connectivity index (χ0) is 15.5. The quantitative estimate of drug-likeness (QED) is 0.689. The molecular formula is C20H20N2. The van der Waals surface area contributed by atoms with E-state index < -0.39 is 0 Å². The molecule has 0 atom stereocenters. The van der Waals surface area contributed by atoms with E-state index in [1.807, 2.05) is 6.20 Å². The summed E-state index contributed by atoms with van der Waals surface area (Å²) in [6.45, 7) is 2.08. The molecular weight excluding hydrogens is 268 g/mol. The smallest absolute Gasteiger partial charge is 0.0650 e. The van der Waals surface area contributed by atoms with Crippen molar-refractivity contribution in [1.29, 1.82) is 0 Å². The van der Waals surface area contributed by atoms with Gasteiger partial charge in [-0.15, -0.1) is 0 Å². The molecule has 0 saturated heterocycles. The Morgan fingerprint density at radius 1 is 0.955 bits per heavy atom. The minimum absolute atomic E-state index is 0.974. The van der Waals surface area contributed by atoms with E-state index in [0.717, 1.165) is 5.69 Å². The third-order valence-electron chi connectivity index (χ3n) is 3.83. The SMILES string of the molecule is Cc1cnc(/C=C\c2cccc3ccccc23)cc1N(C)C. The Morgan fingerprint density at radius 2 is 1.73 bits per heavy atom. The number of aromatic nitrogens is 1. The van der Waals surface area contributed by atoms with Gasteiger partial charge in [0, 0.05) is 26.0 Å². The van der Waals surface area contributed by atoms with Gasteiger partial charge >= 0.3 is 0 Å². The fourth-order valence-corrected chi connectivity index (χ4v) is 2.67. The van der Waals surface area contributed by atoms with Gasteiger partial charge in [-0.3, -0.25) is 4.98 Å². The van der Waals surface area contributed by atoms with Gasteiger partial charge in [0.25, 0.3) is 0 Å². The first-order chi connectivity index (χ1) is 10.6. The van der Waals surface area contributed by atoms with Gasteiger partial charge in [0.15, 0.2) is 0 Å². The lowest BCUT2D eigenvalue weighted by atomic mass is 10.0. The minimum Gasteiger partial charge on any atom is -0.377 e. The predicted molar refractivity (Wildman–Crippen MR) is 96.2 cm³/mol. The summed E-state index contributed by atoms with van der Waals surface area (Å²) < 4.78 is 0. The maximum absolute atomic E-state index is 4.50. The van der Waals surface area contributed by atoms with Crippen molar-refractivity contribution in [1.82, 2.24) is 4.98 Å². The number of hydrogen-bond donors (Lipinski definition) is 0. The van der Waals surface area contributed by atoms with Gasteiger partial charge in [-0.05, 0) is 41.0 Å². The molecule has 0 bridgehead atoms. The highest BCUT2D eigenvalue weighted by atomic mass is 15.1. The summed E-state index contributed by atoms with van der Waals surface area (Å²) in [5.74, 6) is 0. The van der Waals surface area contributed by atoms with Gasteiger partial charge in [0.05, 0.1) is 5.69 Å². The molecule has 0 unspecified atom stereocenters. The average molecular weight is 288 g/mol. The van der Waals surface area contributed by atoms with E-state index in [4.69, 9.17) is 0 Å². The van der Waals surface area contributed by atoms with Gasteiger partial charge in [0.1, 0.15) is 0 Å². The highest BCUT2D eigenvalue weighted by Gasteiger charge is 2.02. The van der Waals surface area contributed by atoms with Crippen molar-refractivity contribution in [2.45, 2.75) is 6.92 Å². The maximum Gasteiger partial charge on any atom is 0.0650 e. The Morgan fingerprint density at radius 3 is 2.55 bits per heavy atom. The van der Waals surface area contributed by atoms with E-state index >= 15 is 0 Å². The van der Waals surface area contributed by atoms with Crippen molar-refractivity contribution < 1.29 is 0 Å². The number of fused-ring (bicyclic) bond motifs is 1. The summed E-state index contributed by atoms with van der Waals surface area (Å²) in [5.41, 5.74) is 4.58. The molecule has 3 rings (SSSR count). The Kier molecular flexibility index (Phi) is 3.92. The highest BCUT2D eigenvalue weighted by molar-refractivity contribution is 5.92. The number of aryl methyl sites for hydroxylation is 1. The van der Waals surface area contributed by atoms with Crippen LogP contribution < -0.4 is 4.90 Å². The van der Waals surface area contributed by atoms with E-state index in [1.165, 1.54) is 27.6 Å². The number of benzene rings is 2. The number of anilines is 1. The molecule has 0 amide bonds. The second-order valence-corrected chi connectivity index (χ2v) is 5.69. The van der Waals surface area contributed by atoms with Crippen LogP contribution in [0, 0.1) is 6.92 Å². The summed E-state index contributed by atoms with van der Waals surface area (Å²) in [7, 11) is 4.11. The fraction of sp³-hybridized carbons (Fsp3) is 0.150. The number of hydrogen-bond acceptors (Lipinski definition) is 2. The molecule has 2 aromatic carbocycles. The Hall–Kier alpha value is -2.61. The molecule has 1 aromatic heterocycles. The second-order valence-electron chi connectivity index (χ2n) is 5.69. The Bertz CT molecular complexity index is 827. The summed E-state index contributed by atoms with van der Waals surface area (Å²) in [5, 5.41) is 2.52. The lowest BCUT2D eigenvalue weighted by Crippen LogP contribution is -2.10. The van der Waals surface area contributed by atoms with Crippen LogP contribution in [0.4, 0.5) is 5.69 Å². The maximum atomic E-state index is 4.50. The van der Waals surface area contributed by atoms with Crippen LogP contribution in [0.15, 0.2) is 54.7 Å². The van der Waals surface area contributed by atoms with Gasteiger partial charge in [-0.2, -0.15) is 0 Å². The van der Waals surface area contributed by atoms with E-state index in [1.54, 1.807) is 0 Å². The molecule has 3 aromatic rings. The second kappa shape index (κ2) is 6.02. The monoisotopic (exact) mass is 288 g/mol. The first-order valence-corrected chi connectivity index (χ1v) is 7.45. The summed E-state index contributed by atoms with van der Waals surface area (Å²) >= 11 is 0. The van der Waals surface area contributed by atoms with Crippen molar-refractivity contribution in [2.24, 2.45) is 0 Å². The molecule has 0 radical (unpaired) electrons. The van der Waals surface area contributed by atoms with Crippen LogP contribution in [0.25, 0.3) is 22.9 Å².